The zero-order valence-electron chi connectivity index (χ0n) is 10.1. The van der Waals surface area contributed by atoms with E-state index in [0.29, 0.717) is 0 Å². The molecule has 1 aromatic heterocycles. The van der Waals surface area contributed by atoms with Crippen molar-refractivity contribution in [2.45, 2.75) is 10.8 Å². The van der Waals surface area contributed by atoms with Gasteiger partial charge >= 0.3 is 0 Å². The molecule has 2 aromatic carbocycles. The number of nitrogens with zero attached hydrogens (tertiary/aromatic N) is 2. The topological polar surface area (TPSA) is 25.8 Å². The molecule has 4 heteroatoms. The van der Waals surface area contributed by atoms with E-state index < -0.39 is 0 Å². The lowest BCUT2D eigenvalue weighted by Gasteiger charge is -2.05. The van der Waals surface area contributed by atoms with Crippen LogP contribution in [0.25, 0.3) is 10.9 Å². The Bertz CT molecular complexity index is 710. The van der Waals surface area contributed by atoms with Crippen molar-refractivity contribution in [3.05, 3.63) is 65.4 Å². The Balaban J connectivity index is 1.86. The number of aromatic nitrogens is 2. The molecule has 0 N–H and O–H groups in total. The van der Waals surface area contributed by atoms with E-state index in [1.807, 2.05) is 36.4 Å². The van der Waals surface area contributed by atoms with Crippen molar-refractivity contribution >= 4 is 34.3 Å². The van der Waals surface area contributed by atoms with Crippen LogP contribution in [0.4, 0.5) is 0 Å². The van der Waals surface area contributed by atoms with E-state index in [2.05, 4.69) is 22.1 Å². The second-order valence-corrected chi connectivity index (χ2v) is 5.52. The van der Waals surface area contributed by atoms with Gasteiger partial charge in [-0.05, 0) is 23.8 Å². The van der Waals surface area contributed by atoms with Crippen LogP contribution in [-0.2, 0) is 5.75 Å². The van der Waals surface area contributed by atoms with Crippen LogP contribution in [0.3, 0.4) is 0 Å². The van der Waals surface area contributed by atoms with Crippen LogP contribution in [-0.4, -0.2) is 9.97 Å². The predicted molar refractivity (Wildman–Crippen MR) is 80.6 cm³/mol. The second-order valence-electron chi connectivity index (χ2n) is 4.11. The first-order valence-corrected chi connectivity index (χ1v) is 7.26. The van der Waals surface area contributed by atoms with Gasteiger partial charge in [0.25, 0.3) is 0 Å². The number of hydrogen-bond acceptors (Lipinski definition) is 3. The molecule has 0 saturated heterocycles. The normalized spacial score (nSPS) is 10.8. The quantitative estimate of drug-likeness (QED) is 0.521. The van der Waals surface area contributed by atoms with Gasteiger partial charge in [-0.15, -0.1) is 11.8 Å². The summed E-state index contributed by atoms with van der Waals surface area (Å²) in [5.41, 5.74) is 2.17. The largest absolute Gasteiger partial charge is 0.236 e. The van der Waals surface area contributed by atoms with Gasteiger partial charge in [-0.1, -0.05) is 41.9 Å². The highest BCUT2D eigenvalue weighted by Crippen LogP contribution is 2.27. The molecule has 0 fully saturated rings. The van der Waals surface area contributed by atoms with Crippen molar-refractivity contribution in [1.29, 1.82) is 0 Å². The Morgan fingerprint density at radius 2 is 1.89 bits per heavy atom. The zero-order valence-corrected chi connectivity index (χ0v) is 11.7. The molecule has 94 valence electrons. The number of hydrogen-bond donors (Lipinski definition) is 0. The summed E-state index contributed by atoms with van der Waals surface area (Å²) in [6, 6.07) is 16.0. The van der Waals surface area contributed by atoms with Crippen molar-refractivity contribution in [3.8, 4) is 0 Å². The molecule has 2 nitrogen and oxygen atoms in total. The Morgan fingerprint density at radius 1 is 1.00 bits per heavy atom. The minimum Gasteiger partial charge on any atom is -0.236 e. The van der Waals surface area contributed by atoms with Crippen LogP contribution < -0.4 is 0 Å². The van der Waals surface area contributed by atoms with Gasteiger partial charge in [-0.25, -0.2) is 9.97 Å². The van der Waals surface area contributed by atoms with Gasteiger partial charge in [0.15, 0.2) is 0 Å². The first kappa shape index (κ1) is 12.5. The maximum atomic E-state index is 5.99. The maximum Gasteiger partial charge on any atom is 0.117 e. The monoisotopic (exact) mass is 286 g/mol. The molecule has 0 aliphatic rings. The first-order valence-electron chi connectivity index (χ1n) is 5.90. The summed E-state index contributed by atoms with van der Waals surface area (Å²) in [4.78, 5) is 8.63. The number of rotatable bonds is 3. The first-order chi connectivity index (χ1) is 9.33. The minimum atomic E-state index is 0.769. The molecule has 0 saturated carbocycles. The molecule has 3 rings (SSSR count). The van der Waals surface area contributed by atoms with Gasteiger partial charge in [-0.2, -0.15) is 0 Å². The van der Waals surface area contributed by atoms with Crippen molar-refractivity contribution < 1.29 is 0 Å². The highest BCUT2D eigenvalue weighted by atomic mass is 35.5. The fourth-order valence-electron chi connectivity index (χ4n) is 1.87. The van der Waals surface area contributed by atoms with Crippen molar-refractivity contribution in [3.63, 3.8) is 0 Å². The standard InChI is InChI=1S/C15H11ClN2S/c16-12-5-3-4-11(8-12)9-19-15-13-6-1-2-7-14(13)17-10-18-15/h1-8,10H,9H2. The molecular weight excluding hydrogens is 276 g/mol. The number of benzene rings is 2. The average molecular weight is 287 g/mol. The molecule has 0 amide bonds. The van der Waals surface area contributed by atoms with Gasteiger partial charge in [0, 0.05) is 16.2 Å². The number of para-hydroxylation sites is 1. The summed E-state index contributed by atoms with van der Waals surface area (Å²) < 4.78 is 0. The third-order valence-electron chi connectivity index (χ3n) is 2.77. The molecule has 0 unspecified atom stereocenters. The van der Waals surface area contributed by atoms with Crippen LogP contribution >= 0.6 is 23.4 Å². The van der Waals surface area contributed by atoms with Crippen LogP contribution in [0.15, 0.2) is 59.9 Å². The second kappa shape index (κ2) is 5.59. The fraction of sp³-hybridized carbons (Fsp3) is 0.0667. The molecule has 1 heterocycles. The fourth-order valence-corrected chi connectivity index (χ4v) is 3.02. The van der Waals surface area contributed by atoms with E-state index in [1.165, 1.54) is 5.56 Å². The third kappa shape index (κ3) is 2.88. The summed E-state index contributed by atoms with van der Waals surface area (Å²) >= 11 is 7.69. The summed E-state index contributed by atoms with van der Waals surface area (Å²) in [5.74, 6) is 0.849. The van der Waals surface area contributed by atoms with Crippen LogP contribution in [0.2, 0.25) is 5.02 Å². The third-order valence-corrected chi connectivity index (χ3v) is 4.08. The van der Waals surface area contributed by atoms with E-state index in [9.17, 15) is 0 Å². The summed E-state index contributed by atoms with van der Waals surface area (Å²) in [6.45, 7) is 0. The average Bonchev–Trinajstić information content (AvgIpc) is 2.45. The van der Waals surface area contributed by atoms with Gasteiger partial charge in [-0.3, -0.25) is 0 Å². The lowest BCUT2D eigenvalue weighted by molar-refractivity contribution is 1.10. The highest BCUT2D eigenvalue weighted by Gasteiger charge is 2.04. The van der Waals surface area contributed by atoms with Gasteiger partial charge in [0.1, 0.15) is 11.4 Å². The molecular formula is C15H11ClN2S. The Morgan fingerprint density at radius 3 is 2.79 bits per heavy atom. The molecule has 0 radical (unpaired) electrons. The summed E-state index contributed by atoms with van der Waals surface area (Å²) in [5, 5.41) is 2.87. The van der Waals surface area contributed by atoms with Crippen LogP contribution in [0.1, 0.15) is 5.56 Å². The smallest absolute Gasteiger partial charge is 0.117 e. The zero-order chi connectivity index (χ0) is 13.1. The van der Waals surface area contributed by atoms with Gasteiger partial charge in [0.2, 0.25) is 0 Å². The number of fused-ring (bicyclic) bond motifs is 1. The van der Waals surface area contributed by atoms with Gasteiger partial charge < -0.3 is 0 Å². The van der Waals surface area contributed by atoms with Crippen molar-refractivity contribution in [2.75, 3.05) is 0 Å². The predicted octanol–water partition coefficient (Wildman–Crippen LogP) is 4.58. The Labute approximate surface area is 120 Å². The molecule has 0 bridgehead atoms. The highest BCUT2D eigenvalue weighted by molar-refractivity contribution is 7.98. The number of thioether (sulfide) groups is 1. The van der Waals surface area contributed by atoms with Crippen molar-refractivity contribution in [2.24, 2.45) is 0 Å². The Kier molecular flexibility index (Phi) is 3.67. The van der Waals surface area contributed by atoms with E-state index in [-0.39, 0.29) is 0 Å². The maximum absolute atomic E-state index is 5.99. The lowest BCUT2D eigenvalue weighted by Crippen LogP contribution is -1.87. The van der Waals surface area contributed by atoms with Crippen LogP contribution in [0.5, 0.6) is 0 Å². The van der Waals surface area contributed by atoms with Crippen molar-refractivity contribution in [1.82, 2.24) is 9.97 Å². The van der Waals surface area contributed by atoms with E-state index in [1.54, 1.807) is 18.1 Å². The molecule has 3 aromatic rings. The molecule has 19 heavy (non-hydrogen) atoms. The number of halogens is 1. The lowest BCUT2D eigenvalue weighted by atomic mass is 10.2. The van der Waals surface area contributed by atoms with E-state index in [0.717, 1.165) is 26.7 Å². The van der Waals surface area contributed by atoms with Gasteiger partial charge in [0.05, 0.1) is 5.52 Å². The van der Waals surface area contributed by atoms with E-state index >= 15 is 0 Å². The minimum absolute atomic E-state index is 0.769. The SMILES string of the molecule is Clc1cccc(CSc2ncnc3ccccc23)c1. The van der Waals surface area contributed by atoms with Crippen LogP contribution in [0, 0.1) is 0 Å². The summed E-state index contributed by atoms with van der Waals surface area (Å²) in [6.07, 6.45) is 1.61. The molecule has 0 aliphatic carbocycles. The molecule has 0 atom stereocenters. The Hall–Kier alpha value is -1.58. The summed E-state index contributed by atoms with van der Waals surface area (Å²) in [7, 11) is 0. The molecule has 0 aliphatic heterocycles. The van der Waals surface area contributed by atoms with E-state index in [4.69, 9.17) is 11.6 Å². The molecule has 0 spiro atoms.